The smallest absolute Gasteiger partial charge is 0.234 e. The van der Waals surface area contributed by atoms with E-state index in [1.807, 2.05) is 29.0 Å². The Labute approximate surface area is 147 Å². The van der Waals surface area contributed by atoms with Crippen molar-refractivity contribution in [3.63, 3.8) is 0 Å². The molecule has 1 aromatic carbocycles. The van der Waals surface area contributed by atoms with Crippen LogP contribution in [0.1, 0.15) is 5.69 Å². The number of halogens is 1. The summed E-state index contributed by atoms with van der Waals surface area (Å²) in [5.74, 6) is 0.418. The molecule has 0 fully saturated rings. The minimum absolute atomic E-state index is 0.208. The molecule has 0 aliphatic carbocycles. The van der Waals surface area contributed by atoms with Crippen molar-refractivity contribution < 1.29 is 9.13 Å². The molecule has 0 saturated carbocycles. The van der Waals surface area contributed by atoms with Crippen LogP contribution in [-0.4, -0.2) is 26.5 Å². The van der Waals surface area contributed by atoms with Gasteiger partial charge in [0.2, 0.25) is 5.78 Å². The molecule has 0 aliphatic heterocycles. The molecule has 8 heteroatoms. The summed E-state index contributed by atoms with van der Waals surface area (Å²) in [6, 6.07) is 6.55. The van der Waals surface area contributed by atoms with E-state index in [4.69, 9.17) is 4.74 Å². The van der Waals surface area contributed by atoms with Gasteiger partial charge in [-0.25, -0.2) is 19.3 Å². The molecule has 0 atom stereocenters. The van der Waals surface area contributed by atoms with E-state index in [1.54, 1.807) is 18.3 Å². The van der Waals surface area contributed by atoms with Gasteiger partial charge in [0.25, 0.3) is 0 Å². The molecular weight excluding hydrogens is 341 g/mol. The zero-order chi connectivity index (χ0) is 17.4. The van der Waals surface area contributed by atoms with Crippen molar-refractivity contribution in [2.45, 2.75) is 6.92 Å². The third-order valence-corrected chi connectivity index (χ3v) is 4.49. The van der Waals surface area contributed by atoms with Crippen LogP contribution in [0.25, 0.3) is 17.2 Å². The van der Waals surface area contributed by atoms with Crippen LogP contribution >= 0.6 is 11.3 Å². The van der Waals surface area contributed by atoms with Crippen molar-refractivity contribution in [1.82, 2.24) is 19.4 Å². The molecule has 126 valence electrons. The number of imidazole rings is 1. The highest BCUT2D eigenvalue weighted by Crippen LogP contribution is 2.30. The molecule has 4 rings (SSSR count). The van der Waals surface area contributed by atoms with Crippen LogP contribution in [0.15, 0.2) is 42.0 Å². The van der Waals surface area contributed by atoms with Gasteiger partial charge in [-0.05, 0) is 25.1 Å². The highest BCUT2D eigenvalue weighted by molar-refractivity contribution is 7.14. The lowest BCUT2D eigenvalue weighted by Crippen LogP contribution is -1.94. The molecule has 0 amide bonds. The van der Waals surface area contributed by atoms with E-state index in [0.717, 1.165) is 17.1 Å². The fourth-order valence-electron chi connectivity index (χ4n) is 2.61. The standard InChI is InChI=1S/C17H14FN5OS/c1-10-15(23-7-3-6-19-16(23)20-10)13-9-25-17(22-13)21-11-4-5-14(24-2)12(18)8-11/h3-9H,1-2H3,(H,21,22). The second kappa shape index (κ2) is 6.14. The van der Waals surface area contributed by atoms with Gasteiger partial charge in [-0.3, -0.25) is 4.40 Å². The highest BCUT2D eigenvalue weighted by Gasteiger charge is 2.15. The minimum Gasteiger partial charge on any atom is -0.494 e. The molecule has 1 N–H and O–H groups in total. The van der Waals surface area contributed by atoms with E-state index >= 15 is 0 Å². The average molecular weight is 355 g/mol. The lowest BCUT2D eigenvalue weighted by Gasteiger charge is -2.05. The topological polar surface area (TPSA) is 64.3 Å². The number of benzene rings is 1. The normalized spacial score (nSPS) is 11.0. The number of ether oxygens (including phenoxy) is 1. The summed E-state index contributed by atoms with van der Waals surface area (Å²) in [6.45, 7) is 1.93. The maximum Gasteiger partial charge on any atom is 0.234 e. The van der Waals surface area contributed by atoms with E-state index in [0.29, 0.717) is 16.6 Å². The predicted molar refractivity (Wildman–Crippen MR) is 95.1 cm³/mol. The quantitative estimate of drug-likeness (QED) is 0.598. The zero-order valence-corrected chi connectivity index (χ0v) is 14.3. The average Bonchev–Trinajstić information content (AvgIpc) is 3.18. The lowest BCUT2D eigenvalue weighted by atomic mass is 10.3. The van der Waals surface area contributed by atoms with E-state index in [2.05, 4.69) is 20.3 Å². The molecule has 0 spiro atoms. The van der Waals surface area contributed by atoms with Crippen LogP contribution < -0.4 is 10.1 Å². The molecule has 4 aromatic rings. The van der Waals surface area contributed by atoms with Crippen molar-refractivity contribution in [2.75, 3.05) is 12.4 Å². The molecule has 3 heterocycles. The SMILES string of the molecule is COc1ccc(Nc2nc(-c3c(C)nc4ncccn34)cs2)cc1F. The third-order valence-electron chi connectivity index (χ3n) is 3.73. The summed E-state index contributed by atoms with van der Waals surface area (Å²) in [4.78, 5) is 13.3. The summed E-state index contributed by atoms with van der Waals surface area (Å²) in [5.41, 5.74) is 3.15. The van der Waals surface area contributed by atoms with Gasteiger partial charge in [0, 0.05) is 29.5 Å². The Balaban J connectivity index is 1.66. The van der Waals surface area contributed by atoms with Gasteiger partial charge in [0.15, 0.2) is 16.7 Å². The van der Waals surface area contributed by atoms with Crippen LogP contribution in [0.2, 0.25) is 0 Å². The molecule has 3 aromatic heterocycles. The number of thiazole rings is 1. The zero-order valence-electron chi connectivity index (χ0n) is 13.5. The van der Waals surface area contributed by atoms with Crippen molar-refractivity contribution >= 4 is 27.9 Å². The van der Waals surface area contributed by atoms with E-state index in [1.165, 1.54) is 24.5 Å². The Morgan fingerprint density at radius 2 is 2.16 bits per heavy atom. The third kappa shape index (κ3) is 2.80. The Morgan fingerprint density at radius 3 is 2.96 bits per heavy atom. The van der Waals surface area contributed by atoms with Crippen LogP contribution in [-0.2, 0) is 0 Å². The summed E-state index contributed by atoms with van der Waals surface area (Å²) >= 11 is 1.44. The summed E-state index contributed by atoms with van der Waals surface area (Å²) in [7, 11) is 1.44. The second-order valence-electron chi connectivity index (χ2n) is 5.35. The van der Waals surface area contributed by atoms with E-state index < -0.39 is 5.82 Å². The van der Waals surface area contributed by atoms with Gasteiger partial charge in [-0.2, -0.15) is 0 Å². The maximum absolute atomic E-state index is 13.8. The number of rotatable bonds is 4. The number of aromatic nitrogens is 4. The van der Waals surface area contributed by atoms with Crippen LogP contribution in [0.4, 0.5) is 15.2 Å². The van der Waals surface area contributed by atoms with Gasteiger partial charge in [-0.15, -0.1) is 11.3 Å². The number of anilines is 2. The van der Waals surface area contributed by atoms with E-state index in [-0.39, 0.29) is 5.75 Å². The first kappa shape index (κ1) is 15.5. The second-order valence-corrected chi connectivity index (χ2v) is 6.21. The van der Waals surface area contributed by atoms with Gasteiger partial charge in [0.1, 0.15) is 5.69 Å². The van der Waals surface area contributed by atoms with Gasteiger partial charge in [-0.1, -0.05) is 0 Å². The molecule has 6 nitrogen and oxygen atoms in total. The molecule has 0 aliphatic rings. The minimum atomic E-state index is -0.423. The monoisotopic (exact) mass is 355 g/mol. The number of nitrogens with one attached hydrogen (secondary N) is 1. The fourth-order valence-corrected chi connectivity index (χ4v) is 3.33. The van der Waals surface area contributed by atoms with Crippen molar-refractivity contribution in [1.29, 1.82) is 0 Å². The van der Waals surface area contributed by atoms with E-state index in [9.17, 15) is 4.39 Å². The van der Waals surface area contributed by atoms with Crippen molar-refractivity contribution in [2.24, 2.45) is 0 Å². The largest absolute Gasteiger partial charge is 0.494 e. The molecular formula is C17H14FN5OS. The van der Waals surface area contributed by atoms with Gasteiger partial charge in [0.05, 0.1) is 18.5 Å². The maximum atomic E-state index is 13.8. The van der Waals surface area contributed by atoms with Crippen LogP contribution in [0, 0.1) is 12.7 Å². The van der Waals surface area contributed by atoms with Crippen molar-refractivity contribution in [3.8, 4) is 17.1 Å². The first-order valence-electron chi connectivity index (χ1n) is 7.52. The molecule has 0 radical (unpaired) electrons. The first-order valence-corrected chi connectivity index (χ1v) is 8.40. The number of methoxy groups -OCH3 is 1. The highest BCUT2D eigenvalue weighted by atomic mass is 32.1. The molecule has 0 unspecified atom stereocenters. The number of nitrogens with zero attached hydrogens (tertiary/aromatic N) is 4. The van der Waals surface area contributed by atoms with Crippen LogP contribution in [0.3, 0.4) is 0 Å². The fraction of sp³-hybridized carbons (Fsp3) is 0.118. The van der Waals surface area contributed by atoms with Crippen molar-refractivity contribution in [3.05, 3.63) is 53.6 Å². The molecule has 25 heavy (non-hydrogen) atoms. The Kier molecular flexibility index (Phi) is 3.81. The summed E-state index contributed by atoms with van der Waals surface area (Å²) in [5, 5.41) is 5.71. The summed E-state index contributed by atoms with van der Waals surface area (Å²) < 4.78 is 20.6. The van der Waals surface area contributed by atoms with Crippen LogP contribution in [0.5, 0.6) is 5.75 Å². The van der Waals surface area contributed by atoms with Gasteiger partial charge >= 0.3 is 0 Å². The Morgan fingerprint density at radius 1 is 1.28 bits per heavy atom. The summed E-state index contributed by atoms with van der Waals surface area (Å²) in [6.07, 6.45) is 3.61. The Bertz CT molecular complexity index is 1060. The Hall–Kier alpha value is -3.00. The number of aryl methyl sites for hydroxylation is 1. The number of hydrogen-bond donors (Lipinski definition) is 1. The number of fused-ring (bicyclic) bond motifs is 1. The molecule has 0 bridgehead atoms. The molecule has 0 saturated heterocycles. The van der Waals surface area contributed by atoms with Gasteiger partial charge < -0.3 is 10.1 Å². The lowest BCUT2D eigenvalue weighted by molar-refractivity contribution is 0.386. The number of hydrogen-bond acceptors (Lipinski definition) is 6. The predicted octanol–water partition coefficient (Wildman–Crippen LogP) is 4.05. The first-order chi connectivity index (χ1) is 12.2.